The second-order valence-electron chi connectivity index (χ2n) is 4.28. The zero-order valence-corrected chi connectivity index (χ0v) is 9.32. The first-order valence-electron chi connectivity index (χ1n) is 5.50. The fraction of sp³-hybridized carbons (Fsp3) is 0.500. The second-order valence-corrected chi connectivity index (χ2v) is 4.28. The molecule has 1 aromatic carbocycles. The number of anilines is 1. The summed E-state index contributed by atoms with van der Waals surface area (Å²) in [6.45, 7) is 5.59. The molecule has 3 nitrogen and oxygen atoms in total. The number of likely N-dealkylation sites (N-methyl/N-ethyl adjacent to an activating group) is 1. The van der Waals surface area contributed by atoms with Gasteiger partial charge in [0.15, 0.2) is 0 Å². The molecule has 0 unspecified atom stereocenters. The van der Waals surface area contributed by atoms with Gasteiger partial charge in [-0.1, -0.05) is 18.2 Å². The van der Waals surface area contributed by atoms with E-state index in [1.54, 1.807) is 0 Å². The fourth-order valence-electron chi connectivity index (χ4n) is 1.93. The van der Waals surface area contributed by atoms with Crippen LogP contribution < -0.4 is 5.73 Å². The standard InChI is InChI=1S/C12H19N3/c1-14-6-8-15(9-7-14)10-11-4-2-3-5-12(11)13/h2-5H,6-10,13H2,1H3. The Kier molecular flexibility index (Phi) is 3.23. The molecule has 82 valence electrons. The van der Waals surface area contributed by atoms with E-state index in [9.17, 15) is 0 Å². The summed E-state index contributed by atoms with van der Waals surface area (Å²) < 4.78 is 0. The Labute approximate surface area is 91.5 Å². The van der Waals surface area contributed by atoms with Crippen LogP contribution in [0.4, 0.5) is 5.69 Å². The van der Waals surface area contributed by atoms with E-state index in [0.717, 1.165) is 38.4 Å². The van der Waals surface area contributed by atoms with E-state index >= 15 is 0 Å². The third kappa shape index (κ3) is 2.70. The Morgan fingerprint density at radius 3 is 2.47 bits per heavy atom. The number of para-hydroxylation sites is 1. The number of rotatable bonds is 2. The topological polar surface area (TPSA) is 32.5 Å². The maximum absolute atomic E-state index is 5.93. The van der Waals surface area contributed by atoms with Crippen LogP contribution in [0.2, 0.25) is 0 Å². The molecule has 1 aromatic rings. The minimum Gasteiger partial charge on any atom is -0.398 e. The molecule has 0 radical (unpaired) electrons. The van der Waals surface area contributed by atoms with Gasteiger partial charge in [-0.05, 0) is 18.7 Å². The average Bonchev–Trinajstić information content (AvgIpc) is 2.25. The van der Waals surface area contributed by atoms with Crippen molar-refractivity contribution in [1.29, 1.82) is 0 Å². The Balaban J connectivity index is 1.95. The van der Waals surface area contributed by atoms with Crippen LogP contribution >= 0.6 is 0 Å². The van der Waals surface area contributed by atoms with Crippen molar-refractivity contribution in [2.24, 2.45) is 0 Å². The highest BCUT2D eigenvalue weighted by Gasteiger charge is 2.14. The number of benzene rings is 1. The molecular weight excluding hydrogens is 186 g/mol. The first kappa shape index (κ1) is 10.5. The van der Waals surface area contributed by atoms with Crippen LogP contribution in [0.25, 0.3) is 0 Å². The van der Waals surface area contributed by atoms with E-state index in [2.05, 4.69) is 29.0 Å². The zero-order chi connectivity index (χ0) is 10.7. The molecule has 0 spiro atoms. The Hall–Kier alpha value is -1.06. The average molecular weight is 205 g/mol. The predicted molar refractivity (Wildman–Crippen MR) is 63.6 cm³/mol. The molecule has 2 N–H and O–H groups in total. The molecule has 15 heavy (non-hydrogen) atoms. The van der Waals surface area contributed by atoms with Gasteiger partial charge in [0.05, 0.1) is 0 Å². The first-order valence-corrected chi connectivity index (χ1v) is 5.50. The molecule has 0 saturated carbocycles. The van der Waals surface area contributed by atoms with E-state index in [0.29, 0.717) is 0 Å². The van der Waals surface area contributed by atoms with Crippen LogP contribution in [-0.4, -0.2) is 43.0 Å². The SMILES string of the molecule is CN1CCN(Cc2ccccc2N)CC1. The highest BCUT2D eigenvalue weighted by atomic mass is 15.2. The number of nitrogens with zero attached hydrogens (tertiary/aromatic N) is 2. The third-order valence-corrected chi connectivity index (χ3v) is 3.04. The summed E-state index contributed by atoms with van der Waals surface area (Å²) in [5, 5.41) is 0. The smallest absolute Gasteiger partial charge is 0.0359 e. The molecule has 0 aliphatic carbocycles. The summed E-state index contributed by atoms with van der Waals surface area (Å²) in [5.74, 6) is 0. The van der Waals surface area contributed by atoms with Gasteiger partial charge in [0.25, 0.3) is 0 Å². The van der Waals surface area contributed by atoms with Gasteiger partial charge < -0.3 is 10.6 Å². The quantitative estimate of drug-likeness (QED) is 0.732. The summed E-state index contributed by atoms with van der Waals surface area (Å²) in [4.78, 5) is 4.83. The van der Waals surface area contributed by atoms with Gasteiger partial charge in [-0.2, -0.15) is 0 Å². The molecule has 1 aliphatic heterocycles. The number of nitrogens with two attached hydrogens (primary N) is 1. The van der Waals surface area contributed by atoms with Gasteiger partial charge in [0.2, 0.25) is 0 Å². The van der Waals surface area contributed by atoms with Crippen molar-refractivity contribution >= 4 is 5.69 Å². The van der Waals surface area contributed by atoms with Crippen molar-refractivity contribution in [3.63, 3.8) is 0 Å². The summed E-state index contributed by atoms with van der Waals surface area (Å²) in [7, 11) is 2.17. The number of piperazine rings is 1. The van der Waals surface area contributed by atoms with Crippen molar-refractivity contribution in [1.82, 2.24) is 9.80 Å². The minimum atomic E-state index is 0.913. The molecule has 1 aliphatic rings. The first-order chi connectivity index (χ1) is 7.25. The normalized spacial score (nSPS) is 19.3. The minimum absolute atomic E-state index is 0.913. The Morgan fingerprint density at radius 1 is 1.13 bits per heavy atom. The third-order valence-electron chi connectivity index (χ3n) is 3.04. The summed E-state index contributed by atoms with van der Waals surface area (Å²) >= 11 is 0. The van der Waals surface area contributed by atoms with Gasteiger partial charge in [-0.15, -0.1) is 0 Å². The molecule has 1 saturated heterocycles. The lowest BCUT2D eigenvalue weighted by molar-refractivity contribution is 0.148. The molecule has 1 fully saturated rings. The van der Waals surface area contributed by atoms with Gasteiger partial charge >= 0.3 is 0 Å². The molecule has 1 heterocycles. The summed E-state index contributed by atoms with van der Waals surface area (Å²) in [6, 6.07) is 8.14. The van der Waals surface area contributed by atoms with Crippen LogP contribution in [0.5, 0.6) is 0 Å². The summed E-state index contributed by atoms with van der Waals surface area (Å²) in [5.41, 5.74) is 8.09. The van der Waals surface area contributed by atoms with Crippen molar-refractivity contribution in [3.8, 4) is 0 Å². The van der Waals surface area contributed by atoms with Crippen LogP contribution in [0.1, 0.15) is 5.56 Å². The van der Waals surface area contributed by atoms with E-state index in [1.165, 1.54) is 5.56 Å². The Bertz CT molecular complexity index is 316. The zero-order valence-electron chi connectivity index (χ0n) is 9.32. The van der Waals surface area contributed by atoms with Crippen LogP contribution in [0, 0.1) is 0 Å². The highest BCUT2D eigenvalue weighted by Crippen LogP contribution is 2.14. The number of nitrogen functional groups attached to an aromatic ring is 1. The fourth-order valence-corrected chi connectivity index (χ4v) is 1.93. The predicted octanol–water partition coefficient (Wildman–Crippen LogP) is 1.02. The largest absolute Gasteiger partial charge is 0.398 e. The molecule has 0 aromatic heterocycles. The van der Waals surface area contributed by atoms with Crippen LogP contribution in [0.3, 0.4) is 0 Å². The van der Waals surface area contributed by atoms with Gasteiger partial charge in [0.1, 0.15) is 0 Å². The monoisotopic (exact) mass is 205 g/mol. The van der Waals surface area contributed by atoms with Crippen molar-refractivity contribution in [2.45, 2.75) is 6.54 Å². The van der Waals surface area contributed by atoms with Crippen LogP contribution in [-0.2, 0) is 6.54 Å². The highest BCUT2D eigenvalue weighted by molar-refractivity contribution is 5.46. The van der Waals surface area contributed by atoms with E-state index < -0.39 is 0 Å². The molecule has 0 amide bonds. The van der Waals surface area contributed by atoms with E-state index in [1.807, 2.05) is 12.1 Å². The number of hydrogen-bond acceptors (Lipinski definition) is 3. The number of hydrogen-bond donors (Lipinski definition) is 1. The maximum Gasteiger partial charge on any atom is 0.0359 e. The maximum atomic E-state index is 5.93. The van der Waals surface area contributed by atoms with E-state index in [-0.39, 0.29) is 0 Å². The second kappa shape index (κ2) is 4.64. The molecule has 3 heteroatoms. The lowest BCUT2D eigenvalue weighted by Crippen LogP contribution is -2.43. The molecule has 0 bridgehead atoms. The van der Waals surface area contributed by atoms with Crippen LogP contribution in [0.15, 0.2) is 24.3 Å². The lowest BCUT2D eigenvalue weighted by Gasteiger charge is -2.32. The van der Waals surface area contributed by atoms with Crippen molar-refractivity contribution in [3.05, 3.63) is 29.8 Å². The van der Waals surface area contributed by atoms with E-state index in [4.69, 9.17) is 5.73 Å². The molecule has 0 atom stereocenters. The summed E-state index contributed by atoms with van der Waals surface area (Å²) in [6.07, 6.45) is 0. The molecule has 2 rings (SSSR count). The molecular formula is C12H19N3. The Morgan fingerprint density at radius 2 is 1.80 bits per heavy atom. The van der Waals surface area contributed by atoms with Crippen molar-refractivity contribution < 1.29 is 0 Å². The van der Waals surface area contributed by atoms with Crippen molar-refractivity contribution in [2.75, 3.05) is 39.0 Å². The van der Waals surface area contributed by atoms with Gasteiger partial charge in [-0.3, -0.25) is 4.90 Å². The van der Waals surface area contributed by atoms with Gasteiger partial charge in [0, 0.05) is 38.4 Å². The van der Waals surface area contributed by atoms with Gasteiger partial charge in [-0.25, -0.2) is 0 Å². The lowest BCUT2D eigenvalue weighted by atomic mass is 10.1.